The van der Waals surface area contributed by atoms with Gasteiger partial charge in [-0.3, -0.25) is 4.79 Å². The van der Waals surface area contributed by atoms with E-state index in [0.29, 0.717) is 18.8 Å². The van der Waals surface area contributed by atoms with Crippen molar-refractivity contribution in [2.24, 2.45) is 5.14 Å². The molecule has 0 spiro atoms. The molecular weight excluding hydrogens is 260 g/mol. The largest absolute Gasteiger partial charge is 0.364 e. The summed E-state index contributed by atoms with van der Waals surface area (Å²) in [6, 6.07) is 1.62. The summed E-state index contributed by atoms with van der Waals surface area (Å²) < 4.78 is 28.0. The van der Waals surface area contributed by atoms with Crippen LogP contribution < -0.4 is 5.14 Å². The molecule has 2 rings (SSSR count). The monoisotopic (exact) mass is 274 g/mol. The van der Waals surface area contributed by atoms with Crippen molar-refractivity contribution >= 4 is 16.1 Å². The fourth-order valence-corrected chi connectivity index (χ4v) is 2.46. The van der Waals surface area contributed by atoms with Crippen molar-refractivity contribution in [1.82, 2.24) is 14.4 Å². The summed E-state index contributed by atoms with van der Waals surface area (Å²) >= 11 is 0. The van der Waals surface area contributed by atoms with Gasteiger partial charge in [-0.05, 0) is 0 Å². The maximum atomic E-state index is 11.9. The number of hydrogen-bond donors (Lipinski definition) is 1. The van der Waals surface area contributed by atoms with E-state index in [2.05, 4.69) is 9.68 Å². The average molecular weight is 274 g/mol. The van der Waals surface area contributed by atoms with E-state index in [-0.39, 0.29) is 25.4 Å². The van der Waals surface area contributed by atoms with E-state index in [1.54, 1.807) is 11.0 Å². The second-order valence-electron chi connectivity index (χ2n) is 3.99. The lowest BCUT2D eigenvalue weighted by Crippen LogP contribution is -2.52. The summed E-state index contributed by atoms with van der Waals surface area (Å²) in [5, 5.41) is 8.67. The van der Waals surface area contributed by atoms with Crippen molar-refractivity contribution < 1.29 is 17.7 Å². The quantitative estimate of drug-likeness (QED) is 0.726. The lowest BCUT2D eigenvalue weighted by molar-refractivity contribution is -0.131. The van der Waals surface area contributed by atoms with Gasteiger partial charge in [-0.25, -0.2) is 5.14 Å². The third kappa shape index (κ3) is 3.06. The van der Waals surface area contributed by atoms with Gasteiger partial charge < -0.3 is 9.42 Å². The van der Waals surface area contributed by atoms with Crippen LogP contribution in [0.3, 0.4) is 0 Å². The van der Waals surface area contributed by atoms with Crippen molar-refractivity contribution in [3.8, 4) is 0 Å². The Labute approximate surface area is 104 Å². The zero-order chi connectivity index (χ0) is 13.2. The summed E-state index contributed by atoms with van der Waals surface area (Å²) in [5.41, 5.74) is 0.564. The average Bonchev–Trinajstić information content (AvgIpc) is 2.81. The molecule has 0 aromatic carbocycles. The van der Waals surface area contributed by atoms with E-state index >= 15 is 0 Å². The number of aromatic nitrogens is 1. The molecule has 0 aliphatic carbocycles. The molecule has 9 heteroatoms. The summed E-state index contributed by atoms with van der Waals surface area (Å²) in [7, 11) is -3.66. The van der Waals surface area contributed by atoms with Crippen LogP contribution in [0.25, 0.3) is 0 Å². The third-order valence-corrected chi connectivity index (χ3v) is 3.86. The van der Waals surface area contributed by atoms with Crippen LogP contribution in [0.1, 0.15) is 5.69 Å². The number of amides is 1. The van der Waals surface area contributed by atoms with Crippen LogP contribution in [0.4, 0.5) is 0 Å². The zero-order valence-corrected chi connectivity index (χ0v) is 10.5. The molecule has 2 N–H and O–H groups in total. The molecule has 2 heterocycles. The predicted molar refractivity (Wildman–Crippen MR) is 61.5 cm³/mol. The van der Waals surface area contributed by atoms with Gasteiger partial charge in [-0.15, -0.1) is 0 Å². The first kappa shape index (κ1) is 13.0. The van der Waals surface area contributed by atoms with Crippen molar-refractivity contribution in [2.75, 3.05) is 26.2 Å². The highest BCUT2D eigenvalue weighted by Crippen LogP contribution is 2.07. The second kappa shape index (κ2) is 5.04. The summed E-state index contributed by atoms with van der Waals surface area (Å²) in [4.78, 5) is 13.5. The van der Waals surface area contributed by atoms with Gasteiger partial charge in [0.2, 0.25) is 5.91 Å². The van der Waals surface area contributed by atoms with Crippen LogP contribution in [0.5, 0.6) is 0 Å². The van der Waals surface area contributed by atoms with E-state index < -0.39 is 10.2 Å². The first-order valence-corrected chi connectivity index (χ1v) is 6.92. The molecule has 0 saturated carbocycles. The predicted octanol–water partition coefficient (Wildman–Crippen LogP) is -1.44. The Morgan fingerprint density at radius 3 is 2.56 bits per heavy atom. The Hall–Kier alpha value is -1.45. The van der Waals surface area contributed by atoms with Crippen LogP contribution in [0.2, 0.25) is 0 Å². The molecule has 18 heavy (non-hydrogen) atoms. The highest BCUT2D eigenvalue weighted by Gasteiger charge is 2.26. The number of carbonyl (C=O) groups excluding carboxylic acids is 1. The molecule has 1 saturated heterocycles. The molecule has 1 aromatic rings. The molecule has 8 nitrogen and oxygen atoms in total. The molecule has 100 valence electrons. The highest BCUT2D eigenvalue weighted by atomic mass is 32.2. The smallest absolute Gasteiger partial charge is 0.277 e. The lowest BCUT2D eigenvalue weighted by Gasteiger charge is -2.32. The molecule has 1 aromatic heterocycles. The van der Waals surface area contributed by atoms with E-state index in [0.717, 1.165) is 4.31 Å². The summed E-state index contributed by atoms with van der Waals surface area (Å²) in [6.07, 6.45) is 1.56. The van der Waals surface area contributed by atoms with Gasteiger partial charge in [0.1, 0.15) is 6.26 Å². The zero-order valence-electron chi connectivity index (χ0n) is 9.65. The van der Waals surface area contributed by atoms with Crippen molar-refractivity contribution in [3.63, 3.8) is 0 Å². The lowest BCUT2D eigenvalue weighted by atomic mass is 10.2. The minimum Gasteiger partial charge on any atom is -0.364 e. The molecule has 0 unspecified atom stereocenters. The standard InChI is InChI=1S/C9H14N4O4S/c10-18(15,16)13-4-2-12(3-5-13)9(14)7-8-1-6-17-11-8/h1,6H,2-5,7H2,(H2,10,15,16). The first-order chi connectivity index (χ1) is 8.47. The molecule has 0 bridgehead atoms. The molecule has 0 atom stereocenters. The van der Waals surface area contributed by atoms with Gasteiger partial charge in [0.15, 0.2) is 0 Å². The van der Waals surface area contributed by atoms with E-state index in [1.165, 1.54) is 6.26 Å². The van der Waals surface area contributed by atoms with Crippen LogP contribution in [-0.2, 0) is 21.4 Å². The molecular formula is C9H14N4O4S. The summed E-state index contributed by atoms with van der Waals surface area (Å²) in [5.74, 6) is -0.0991. The number of hydrogen-bond acceptors (Lipinski definition) is 5. The fraction of sp³-hybridized carbons (Fsp3) is 0.556. The first-order valence-electron chi connectivity index (χ1n) is 5.42. The SMILES string of the molecule is NS(=O)(=O)N1CCN(C(=O)Cc2ccon2)CC1. The molecule has 0 radical (unpaired) electrons. The molecule has 1 amide bonds. The van der Waals surface area contributed by atoms with E-state index in [9.17, 15) is 13.2 Å². The third-order valence-electron chi connectivity index (χ3n) is 2.77. The van der Waals surface area contributed by atoms with Gasteiger partial charge in [-0.1, -0.05) is 5.16 Å². The molecule has 1 aliphatic rings. The maximum absolute atomic E-state index is 11.9. The summed E-state index contributed by atoms with van der Waals surface area (Å²) in [6.45, 7) is 1.13. The van der Waals surface area contributed by atoms with Crippen molar-refractivity contribution in [2.45, 2.75) is 6.42 Å². The molecule has 1 fully saturated rings. The second-order valence-corrected chi connectivity index (χ2v) is 5.54. The van der Waals surface area contributed by atoms with Crippen LogP contribution in [0, 0.1) is 0 Å². The Balaban J connectivity index is 1.88. The van der Waals surface area contributed by atoms with Crippen LogP contribution in [-0.4, -0.2) is 54.9 Å². The number of nitrogens with zero attached hydrogens (tertiary/aromatic N) is 3. The van der Waals surface area contributed by atoms with E-state index in [1.807, 2.05) is 0 Å². The maximum Gasteiger partial charge on any atom is 0.277 e. The normalized spacial score (nSPS) is 17.9. The Morgan fingerprint density at radius 2 is 2.06 bits per heavy atom. The van der Waals surface area contributed by atoms with Gasteiger partial charge in [0, 0.05) is 32.2 Å². The van der Waals surface area contributed by atoms with Gasteiger partial charge in [0.25, 0.3) is 10.2 Å². The minimum absolute atomic E-state index is 0.0991. The number of piperazine rings is 1. The molecule has 1 aliphatic heterocycles. The van der Waals surface area contributed by atoms with Gasteiger partial charge in [0.05, 0.1) is 12.1 Å². The van der Waals surface area contributed by atoms with Crippen LogP contribution >= 0.6 is 0 Å². The van der Waals surface area contributed by atoms with Gasteiger partial charge >= 0.3 is 0 Å². The van der Waals surface area contributed by atoms with Crippen molar-refractivity contribution in [1.29, 1.82) is 0 Å². The number of rotatable bonds is 3. The minimum atomic E-state index is -3.66. The van der Waals surface area contributed by atoms with Crippen LogP contribution in [0.15, 0.2) is 16.9 Å². The topological polar surface area (TPSA) is 110 Å². The fourth-order valence-electron chi connectivity index (χ4n) is 1.79. The van der Waals surface area contributed by atoms with Crippen molar-refractivity contribution in [3.05, 3.63) is 18.0 Å². The Morgan fingerprint density at radius 1 is 1.39 bits per heavy atom. The Bertz CT molecular complexity index is 505. The number of nitrogens with two attached hydrogens (primary N) is 1. The Kier molecular flexibility index (Phi) is 3.64. The van der Waals surface area contributed by atoms with Gasteiger partial charge in [-0.2, -0.15) is 12.7 Å². The highest BCUT2D eigenvalue weighted by molar-refractivity contribution is 7.86. The van der Waals surface area contributed by atoms with E-state index in [4.69, 9.17) is 5.14 Å². The number of carbonyl (C=O) groups is 1.